The maximum Gasteiger partial charge on any atom is 0.416 e. The average molecular weight is 374 g/mol. The Morgan fingerprint density at radius 2 is 2.00 bits per heavy atom. The normalized spacial score (nSPS) is 21.6. The smallest absolute Gasteiger partial charge is 0.416 e. The molecule has 0 aromatic carbocycles. The van der Waals surface area contributed by atoms with E-state index in [1.54, 1.807) is 4.90 Å². The number of likely N-dealkylation sites (tertiary alicyclic amines) is 1. The van der Waals surface area contributed by atoms with Gasteiger partial charge in [-0.15, -0.1) is 0 Å². The van der Waals surface area contributed by atoms with Gasteiger partial charge in [-0.3, -0.25) is 9.80 Å². The molecule has 1 aliphatic heterocycles. The first-order valence-electron chi connectivity index (χ1n) is 10.6. The maximum absolute atomic E-state index is 12.8. The summed E-state index contributed by atoms with van der Waals surface area (Å²) >= 11 is 0. The summed E-state index contributed by atoms with van der Waals surface area (Å²) in [6.45, 7) is 10.3. The van der Waals surface area contributed by atoms with E-state index in [4.69, 9.17) is 9.72 Å². The molecule has 0 N–H and O–H groups in total. The monoisotopic (exact) mass is 373 g/mol. The minimum Gasteiger partial charge on any atom is -0.443 e. The van der Waals surface area contributed by atoms with Gasteiger partial charge in [-0.1, -0.05) is 19.4 Å². The van der Waals surface area contributed by atoms with Gasteiger partial charge < -0.3 is 4.74 Å². The number of pyridine rings is 1. The Kier molecular flexibility index (Phi) is 6.40. The van der Waals surface area contributed by atoms with Crippen LogP contribution >= 0.6 is 0 Å². The molecule has 0 unspecified atom stereocenters. The van der Waals surface area contributed by atoms with E-state index in [0.29, 0.717) is 6.04 Å². The van der Waals surface area contributed by atoms with Crippen molar-refractivity contribution in [2.75, 3.05) is 18.0 Å². The second-order valence-electron chi connectivity index (χ2n) is 8.93. The van der Waals surface area contributed by atoms with Crippen molar-refractivity contribution in [1.29, 1.82) is 0 Å². The number of anilines is 1. The van der Waals surface area contributed by atoms with Crippen molar-refractivity contribution in [2.24, 2.45) is 0 Å². The standard InChI is InChI=1S/C22H35N3O2/c1-5-14-24-15-7-6-11-19(24)17-12-13-20(23-16-17)25(18-9-8-10-18)21(26)27-22(2,3)4/h12-13,16,18-19H,5-11,14-15H2,1-4H3/t19-/m1/s1. The molecule has 2 fully saturated rings. The van der Waals surface area contributed by atoms with Gasteiger partial charge in [-0.2, -0.15) is 0 Å². The third-order valence-corrected chi connectivity index (χ3v) is 5.56. The Balaban J connectivity index is 1.77. The number of amides is 1. The summed E-state index contributed by atoms with van der Waals surface area (Å²) in [5.74, 6) is 0.718. The number of hydrogen-bond donors (Lipinski definition) is 0. The van der Waals surface area contributed by atoms with Gasteiger partial charge in [0.25, 0.3) is 0 Å². The fourth-order valence-electron chi connectivity index (χ4n) is 4.05. The van der Waals surface area contributed by atoms with Crippen LogP contribution in [0.3, 0.4) is 0 Å². The van der Waals surface area contributed by atoms with Gasteiger partial charge in [0.1, 0.15) is 11.4 Å². The van der Waals surface area contributed by atoms with Gasteiger partial charge in [-0.05, 0) is 84.0 Å². The predicted molar refractivity (Wildman–Crippen MR) is 109 cm³/mol. The maximum atomic E-state index is 12.8. The zero-order valence-electron chi connectivity index (χ0n) is 17.4. The lowest BCUT2D eigenvalue weighted by Gasteiger charge is -2.38. The number of carbonyl (C=O) groups excluding carboxylic acids is 1. The lowest BCUT2D eigenvalue weighted by atomic mass is 9.91. The highest BCUT2D eigenvalue weighted by molar-refractivity contribution is 5.87. The predicted octanol–water partition coefficient (Wildman–Crippen LogP) is 5.31. The molecule has 27 heavy (non-hydrogen) atoms. The summed E-state index contributed by atoms with van der Waals surface area (Å²) in [4.78, 5) is 21.8. The van der Waals surface area contributed by atoms with Crippen LogP contribution in [0, 0.1) is 0 Å². The van der Waals surface area contributed by atoms with Crippen LogP contribution in [0.1, 0.15) is 84.2 Å². The fraction of sp³-hybridized carbons (Fsp3) is 0.727. The molecule has 1 aromatic rings. The van der Waals surface area contributed by atoms with E-state index in [-0.39, 0.29) is 12.1 Å². The quantitative estimate of drug-likeness (QED) is 0.701. The van der Waals surface area contributed by atoms with Crippen molar-refractivity contribution in [3.05, 3.63) is 23.9 Å². The highest BCUT2D eigenvalue weighted by atomic mass is 16.6. The zero-order chi connectivity index (χ0) is 19.4. The first kappa shape index (κ1) is 20.1. The number of hydrogen-bond acceptors (Lipinski definition) is 4. The highest BCUT2D eigenvalue weighted by Crippen LogP contribution is 2.33. The van der Waals surface area contributed by atoms with E-state index >= 15 is 0 Å². The molecule has 1 amide bonds. The first-order chi connectivity index (χ1) is 12.9. The lowest BCUT2D eigenvalue weighted by Crippen LogP contribution is -2.47. The third kappa shape index (κ3) is 5.01. The van der Waals surface area contributed by atoms with Gasteiger partial charge in [-0.25, -0.2) is 9.78 Å². The summed E-state index contributed by atoms with van der Waals surface area (Å²) in [5.41, 5.74) is 0.770. The minimum absolute atomic E-state index is 0.212. The largest absolute Gasteiger partial charge is 0.443 e. The Morgan fingerprint density at radius 3 is 2.56 bits per heavy atom. The highest BCUT2D eigenvalue weighted by Gasteiger charge is 2.34. The molecule has 3 rings (SSSR count). The Labute approximate surface area is 164 Å². The second-order valence-corrected chi connectivity index (χ2v) is 8.93. The molecule has 0 radical (unpaired) electrons. The van der Waals surface area contributed by atoms with Crippen LogP contribution in [-0.4, -0.2) is 40.7 Å². The molecule has 1 aliphatic carbocycles. The van der Waals surface area contributed by atoms with Crippen LogP contribution in [0.25, 0.3) is 0 Å². The SMILES string of the molecule is CCCN1CCCC[C@@H]1c1ccc(N(C(=O)OC(C)(C)C)C2CCC2)nc1. The van der Waals surface area contributed by atoms with Crippen LogP contribution in [0.2, 0.25) is 0 Å². The van der Waals surface area contributed by atoms with Crippen LogP contribution in [0.5, 0.6) is 0 Å². The van der Waals surface area contributed by atoms with Crippen LogP contribution in [0.4, 0.5) is 10.6 Å². The van der Waals surface area contributed by atoms with Gasteiger partial charge in [0.2, 0.25) is 0 Å². The molecular weight excluding hydrogens is 338 g/mol. The second kappa shape index (κ2) is 8.59. The summed E-state index contributed by atoms with van der Waals surface area (Å²) in [6, 6.07) is 4.84. The van der Waals surface area contributed by atoms with E-state index in [1.165, 1.54) is 37.8 Å². The van der Waals surface area contributed by atoms with E-state index in [2.05, 4.69) is 17.9 Å². The molecule has 1 saturated carbocycles. The van der Waals surface area contributed by atoms with Crippen molar-refractivity contribution >= 4 is 11.9 Å². The van der Waals surface area contributed by atoms with Crippen molar-refractivity contribution in [2.45, 2.75) is 90.3 Å². The van der Waals surface area contributed by atoms with Crippen LogP contribution in [0.15, 0.2) is 18.3 Å². The summed E-state index contributed by atoms with van der Waals surface area (Å²) in [7, 11) is 0. The Bertz CT molecular complexity index is 617. The van der Waals surface area contributed by atoms with Crippen molar-refractivity contribution < 1.29 is 9.53 Å². The van der Waals surface area contributed by atoms with Crippen molar-refractivity contribution in [1.82, 2.24) is 9.88 Å². The molecule has 2 heterocycles. The van der Waals surface area contributed by atoms with Crippen LogP contribution < -0.4 is 4.90 Å². The van der Waals surface area contributed by atoms with Gasteiger partial charge >= 0.3 is 6.09 Å². The minimum atomic E-state index is -0.498. The van der Waals surface area contributed by atoms with E-state index < -0.39 is 5.60 Å². The first-order valence-corrected chi connectivity index (χ1v) is 10.6. The van der Waals surface area contributed by atoms with Crippen molar-refractivity contribution in [3.63, 3.8) is 0 Å². The molecule has 150 valence electrons. The van der Waals surface area contributed by atoms with Crippen molar-refractivity contribution in [3.8, 4) is 0 Å². The van der Waals surface area contributed by atoms with E-state index in [0.717, 1.165) is 31.6 Å². The molecule has 0 spiro atoms. The number of ether oxygens (including phenoxy) is 1. The number of nitrogens with zero attached hydrogens (tertiary/aromatic N) is 3. The molecule has 5 nitrogen and oxygen atoms in total. The van der Waals surface area contributed by atoms with Gasteiger partial charge in [0, 0.05) is 18.3 Å². The molecule has 1 atom stereocenters. The average Bonchev–Trinajstić information content (AvgIpc) is 2.57. The van der Waals surface area contributed by atoms with Crippen LogP contribution in [-0.2, 0) is 4.74 Å². The lowest BCUT2D eigenvalue weighted by molar-refractivity contribution is 0.0548. The molecular formula is C22H35N3O2. The number of aromatic nitrogens is 1. The number of rotatable bonds is 5. The van der Waals surface area contributed by atoms with E-state index in [1.807, 2.05) is 33.0 Å². The number of carbonyl (C=O) groups is 1. The van der Waals surface area contributed by atoms with Gasteiger partial charge in [0.05, 0.1) is 0 Å². The Hall–Kier alpha value is -1.62. The third-order valence-electron chi connectivity index (χ3n) is 5.56. The van der Waals surface area contributed by atoms with Gasteiger partial charge in [0.15, 0.2) is 0 Å². The summed E-state index contributed by atoms with van der Waals surface area (Å²) in [5, 5.41) is 0. The molecule has 1 aromatic heterocycles. The Morgan fingerprint density at radius 1 is 1.22 bits per heavy atom. The zero-order valence-corrected chi connectivity index (χ0v) is 17.4. The fourth-order valence-corrected chi connectivity index (χ4v) is 4.05. The topological polar surface area (TPSA) is 45.7 Å². The summed E-state index contributed by atoms with van der Waals surface area (Å²) < 4.78 is 5.65. The molecule has 5 heteroatoms. The molecule has 2 aliphatic rings. The van der Waals surface area contributed by atoms with E-state index in [9.17, 15) is 4.79 Å². The number of piperidine rings is 1. The molecule has 1 saturated heterocycles. The molecule has 0 bridgehead atoms. The summed E-state index contributed by atoms with van der Waals surface area (Å²) in [6.07, 6.45) is 9.84.